The van der Waals surface area contributed by atoms with Gasteiger partial charge in [-0.1, -0.05) is 42.5 Å². The van der Waals surface area contributed by atoms with Gasteiger partial charge in [0.25, 0.3) is 0 Å². The van der Waals surface area contributed by atoms with Crippen molar-refractivity contribution in [1.82, 2.24) is 0 Å². The quantitative estimate of drug-likeness (QED) is 0.813. The zero-order chi connectivity index (χ0) is 14.7. The summed E-state index contributed by atoms with van der Waals surface area (Å²) in [7, 11) is 0. The van der Waals surface area contributed by atoms with Crippen LogP contribution in [0.3, 0.4) is 0 Å². The van der Waals surface area contributed by atoms with E-state index in [0.717, 1.165) is 24.8 Å². The van der Waals surface area contributed by atoms with Crippen molar-refractivity contribution in [2.75, 3.05) is 0 Å². The molecule has 108 valence electrons. The van der Waals surface area contributed by atoms with E-state index in [1.54, 1.807) is 0 Å². The first-order valence-electron chi connectivity index (χ1n) is 7.50. The van der Waals surface area contributed by atoms with Gasteiger partial charge in [0.05, 0.1) is 0 Å². The highest BCUT2D eigenvalue weighted by Crippen LogP contribution is 2.40. The largest absolute Gasteiger partial charge is 0.300 e. The second-order valence-corrected chi connectivity index (χ2v) is 6.02. The molecular formula is C19H19FO. The minimum Gasteiger partial charge on any atom is -0.300 e. The molecule has 1 atom stereocenters. The topological polar surface area (TPSA) is 17.1 Å². The van der Waals surface area contributed by atoms with Crippen LogP contribution in [-0.2, 0) is 16.6 Å². The van der Waals surface area contributed by atoms with Crippen molar-refractivity contribution in [2.24, 2.45) is 0 Å². The fraction of sp³-hybridized carbons (Fsp3) is 0.316. The van der Waals surface area contributed by atoms with Gasteiger partial charge in [0.2, 0.25) is 0 Å². The Bertz CT molecular complexity index is 618. The smallest absolute Gasteiger partial charge is 0.133 e. The SMILES string of the molecule is O=C1CCCC(Cc2ccc(F)cc2)(c2ccccc2)C1. The summed E-state index contributed by atoms with van der Waals surface area (Å²) < 4.78 is 13.1. The predicted octanol–water partition coefficient (Wildman–Crippen LogP) is 4.45. The first-order valence-corrected chi connectivity index (χ1v) is 7.50. The van der Waals surface area contributed by atoms with Crippen LogP contribution >= 0.6 is 0 Å². The average molecular weight is 282 g/mol. The van der Waals surface area contributed by atoms with Crippen LogP contribution in [-0.4, -0.2) is 5.78 Å². The van der Waals surface area contributed by atoms with E-state index in [9.17, 15) is 9.18 Å². The molecule has 2 aromatic rings. The lowest BCUT2D eigenvalue weighted by Gasteiger charge is -2.37. The number of benzene rings is 2. The van der Waals surface area contributed by atoms with Crippen LogP contribution in [0.1, 0.15) is 36.8 Å². The zero-order valence-corrected chi connectivity index (χ0v) is 12.0. The summed E-state index contributed by atoms with van der Waals surface area (Å²) >= 11 is 0. The third kappa shape index (κ3) is 3.05. The maximum Gasteiger partial charge on any atom is 0.133 e. The van der Waals surface area contributed by atoms with Crippen LogP contribution in [0.5, 0.6) is 0 Å². The summed E-state index contributed by atoms with van der Waals surface area (Å²) in [6.07, 6.45) is 4.03. The fourth-order valence-corrected chi connectivity index (χ4v) is 3.46. The first-order chi connectivity index (χ1) is 10.2. The van der Waals surface area contributed by atoms with Crippen LogP contribution in [0, 0.1) is 5.82 Å². The van der Waals surface area contributed by atoms with Crippen molar-refractivity contribution in [3.8, 4) is 0 Å². The van der Waals surface area contributed by atoms with Gasteiger partial charge in [-0.15, -0.1) is 0 Å². The van der Waals surface area contributed by atoms with Gasteiger partial charge < -0.3 is 0 Å². The van der Waals surface area contributed by atoms with Crippen molar-refractivity contribution >= 4 is 5.78 Å². The lowest BCUT2D eigenvalue weighted by Crippen LogP contribution is -2.35. The van der Waals surface area contributed by atoms with E-state index in [0.29, 0.717) is 18.6 Å². The van der Waals surface area contributed by atoms with Gasteiger partial charge in [-0.3, -0.25) is 4.79 Å². The van der Waals surface area contributed by atoms with Crippen molar-refractivity contribution in [3.05, 3.63) is 71.5 Å². The maximum atomic E-state index is 13.1. The Balaban J connectivity index is 1.96. The summed E-state index contributed by atoms with van der Waals surface area (Å²) in [5.41, 5.74) is 2.19. The van der Waals surface area contributed by atoms with Crippen LogP contribution < -0.4 is 0 Å². The number of Topliss-reactive ketones (excluding diaryl/α,β-unsaturated/α-hetero) is 1. The monoisotopic (exact) mass is 282 g/mol. The molecule has 0 spiro atoms. The Morgan fingerprint density at radius 2 is 1.71 bits per heavy atom. The minimum absolute atomic E-state index is 0.131. The molecule has 1 nitrogen and oxygen atoms in total. The van der Waals surface area contributed by atoms with Gasteiger partial charge in [0.1, 0.15) is 11.6 Å². The molecule has 1 aliphatic rings. The van der Waals surface area contributed by atoms with Crippen LogP contribution in [0.4, 0.5) is 4.39 Å². The molecule has 0 amide bonds. The average Bonchev–Trinajstić information content (AvgIpc) is 2.51. The Labute approximate surface area is 124 Å². The lowest BCUT2D eigenvalue weighted by atomic mass is 9.66. The molecule has 0 N–H and O–H groups in total. The van der Waals surface area contributed by atoms with Gasteiger partial charge in [-0.25, -0.2) is 4.39 Å². The Morgan fingerprint density at radius 1 is 1.00 bits per heavy atom. The third-order valence-corrected chi connectivity index (χ3v) is 4.49. The molecule has 1 unspecified atom stereocenters. The number of rotatable bonds is 3. The molecule has 1 saturated carbocycles. The highest BCUT2D eigenvalue weighted by molar-refractivity contribution is 5.81. The van der Waals surface area contributed by atoms with Crippen LogP contribution in [0.25, 0.3) is 0 Å². The van der Waals surface area contributed by atoms with E-state index in [2.05, 4.69) is 12.1 Å². The minimum atomic E-state index is -0.216. The van der Waals surface area contributed by atoms with Crippen molar-refractivity contribution in [1.29, 1.82) is 0 Å². The molecule has 0 heterocycles. The molecule has 0 aliphatic heterocycles. The number of halogens is 1. The van der Waals surface area contributed by atoms with Gasteiger partial charge >= 0.3 is 0 Å². The normalized spacial score (nSPS) is 22.2. The van der Waals surface area contributed by atoms with Crippen molar-refractivity contribution in [3.63, 3.8) is 0 Å². The number of carbonyl (C=O) groups is 1. The summed E-state index contributed by atoms with van der Waals surface area (Å²) in [4.78, 5) is 12.0. The molecule has 0 bridgehead atoms. The van der Waals surface area contributed by atoms with E-state index in [1.165, 1.54) is 17.7 Å². The standard InChI is InChI=1S/C19H19FO/c20-17-10-8-15(9-11-17)13-19(12-4-7-18(21)14-19)16-5-2-1-3-6-16/h1-3,5-6,8-11H,4,7,12-14H2. The summed E-state index contributed by atoms with van der Waals surface area (Å²) in [5.74, 6) is 0.124. The number of ketones is 1. The fourth-order valence-electron chi connectivity index (χ4n) is 3.46. The second kappa shape index (κ2) is 5.80. The summed E-state index contributed by atoms with van der Waals surface area (Å²) in [6, 6.07) is 16.9. The van der Waals surface area contributed by atoms with E-state index in [-0.39, 0.29) is 11.2 Å². The maximum absolute atomic E-state index is 13.1. The highest BCUT2D eigenvalue weighted by Gasteiger charge is 2.37. The molecule has 1 fully saturated rings. The van der Waals surface area contributed by atoms with Gasteiger partial charge in [-0.2, -0.15) is 0 Å². The molecule has 0 radical (unpaired) electrons. The van der Waals surface area contributed by atoms with E-state index < -0.39 is 0 Å². The number of carbonyl (C=O) groups excluding carboxylic acids is 1. The predicted molar refractivity (Wildman–Crippen MR) is 81.7 cm³/mol. The molecular weight excluding hydrogens is 263 g/mol. The Kier molecular flexibility index (Phi) is 3.87. The van der Waals surface area contributed by atoms with Gasteiger partial charge in [0, 0.05) is 18.3 Å². The number of hydrogen-bond donors (Lipinski definition) is 0. The molecule has 2 aromatic carbocycles. The Hall–Kier alpha value is -1.96. The molecule has 1 aliphatic carbocycles. The molecule has 21 heavy (non-hydrogen) atoms. The molecule has 3 rings (SSSR count). The van der Waals surface area contributed by atoms with Crippen LogP contribution in [0.2, 0.25) is 0 Å². The van der Waals surface area contributed by atoms with Gasteiger partial charge in [-0.05, 0) is 42.5 Å². The van der Waals surface area contributed by atoms with Crippen molar-refractivity contribution in [2.45, 2.75) is 37.5 Å². The highest BCUT2D eigenvalue weighted by atomic mass is 19.1. The van der Waals surface area contributed by atoms with Gasteiger partial charge in [0.15, 0.2) is 0 Å². The molecule has 0 aromatic heterocycles. The lowest BCUT2D eigenvalue weighted by molar-refractivity contribution is -0.122. The summed E-state index contributed by atoms with van der Waals surface area (Å²) in [5, 5.41) is 0. The van der Waals surface area contributed by atoms with E-state index in [4.69, 9.17) is 0 Å². The van der Waals surface area contributed by atoms with Crippen LogP contribution in [0.15, 0.2) is 54.6 Å². The van der Waals surface area contributed by atoms with Crippen molar-refractivity contribution < 1.29 is 9.18 Å². The zero-order valence-electron chi connectivity index (χ0n) is 12.0. The second-order valence-electron chi connectivity index (χ2n) is 6.02. The summed E-state index contributed by atoms with van der Waals surface area (Å²) in [6.45, 7) is 0. The number of hydrogen-bond acceptors (Lipinski definition) is 1. The molecule has 2 heteroatoms. The third-order valence-electron chi connectivity index (χ3n) is 4.49. The molecule has 0 saturated heterocycles. The van der Waals surface area contributed by atoms with E-state index >= 15 is 0 Å². The Morgan fingerprint density at radius 3 is 2.38 bits per heavy atom. The first kappa shape index (κ1) is 14.0. The van der Waals surface area contributed by atoms with E-state index in [1.807, 2.05) is 30.3 Å².